The molecule has 156 valence electrons. The molecule has 0 radical (unpaired) electrons. The van der Waals surface area contributed by atoms with Crippen molar-refractivity contribution in [2.45, 2.75) is 25.3 Å². The fourth-order valence-electron chi connectivity index (χ4n) is 4.28. The molecule has 1 N–H and O–H groups in total. The molecule has 1 aromatic carbocycles. The number of likely N-dealkylation sites (tertiary alicyclic amines) is 1. The number of carbonyl (C=O) groups excluding carboxylic acids is 1. The predicted octanol–water partition coefficient (Wildman–Crippen LogP) is 3.19. The molecule has 0 saturated carbocycles. The van der Waals surface area contributed by atoms with Crippen LogP contribution >= 0.6 is 0 Å². The highest BCUT2D eigenvalue weighted by Crippen LogP contribution is 2.28. The molecule has 5 rings (SSSR count). The molecule has 1 aliphatic heterocycles. The summed E-state index contributed by atoms with van der Waals surface area (Å²) in [5, 5.41) is 0. The van der Waals surface area contributed by atoms with Gasteiger partial charge < -0.3 is 14.5 Å². The van der Waals surface area contributed by atoms with Crippen molar-refractivity contribution in [1.29, 1.82) is 0 Å². The first-order valence-corrected chi connectivity index (χ1v) is 10.5. The van der Waals surface area contributed by atoms with Gasteiger partial charge in [-0.05, 0) is 42.0 Å². The number of benzene rings is 1. The van der Waals surface area contributed by atoms with Crippen LogP contribution in [0.25, 0.3) is 11.2 Å². The van der Waals surface area contributed by atoms with Crippen LogP contribution < -0.4 is 5.56 Å². The number of imidazole rings is 1. The first kappa shape index (κ1) is 19.2. The molecule has 4 aromatic rings. The Kier molecular flexibility index (Phi) is 5.08. The Morgan fingerprint density at radius 3 is 2.65 bits per heavy atom. The molecule has 0 spiro atoms. The molecule has 7 heteroatoms. The van der Waals surface area contributed by atoms with Crippen LogP contribution in [0, 0.1) is 0 Å². The number of carbonyl (C=O) groups is 1. The van der Waals surface area contributed by atoms with Crippen molar-refractivity contribution in [1.82, 2.24) is 24.4 Å². The highest BCUT2D eigenvalue weighted by molar-refractivity contribution is 5.96. The maximum Gasteiger partial charge on any atom is 0.255 e. The average Bonchev–Trinajstić information content (AvgIpc) is 3.21. The van der Waals surface area contributed by atoms with Crippen molar-refractivity contribution < 1.29 is 4.79 Å². The smallest absolute Gasteiger partial charge is 0.255 e. The van der Waals surface area contributed by atoms with Crippen LogP contribution in [0.2, 0.25) is 0 Å². The van der Waals surface area contributed by atoms with Crippen molar-refractivity contribution in [3.63, 3.8) is 0 Å². The summed E-state index contributed by atoms with van der Waals surface area (Å²) in [5.74, 6) is 0.289. The highest BCUT2D eigenvalue weighted by Gasteiger charge is 2.25. The molecule has 1 saturated heterocycles. The number of fused-ring (bicyclic) bond motifs is 1. The summed E-state index contributed by atoms with van der Waals surface area (Å²) in [6.07, 6.45) is 6.79. The summed E-state index contributed by atoms with van der Waals surface area (Å²) in [6, 6.07) is 15.6. The van der Waals surface area contributed by atoms with Crippen molar-refractivity contribution in [2.75, 3.05) is 13.1 Å². The van der Waals surface area contributed by atoms with Gasteiger partial charge >= 0.3 is 0 Å². The molecule has 0 atom stereocenters. The second-order valence-corrected chi connectivity index (χ2v) is 7.98. The number of amides is 1. The van der Waals surface area contributed by atoms with Crippen molar-refractivity contribution in [3.05, 3.63) is 94.3 Å². The Morgan fingerprint density at radius 2 is 1.87 bits per heavy atom. The second kappa shape index (κ2) is 8.18. The molecule has 1 amide bonds. The molecule has 0 unspecified atom stereocenters. The molecule has 0 aliphatic carbocycles. The second-order valence-electron chi connectivity index (χ2n) is 7.98. The topological polar surface area (TPSA) is 83.9 Å². The van der Waals surface area contributed by atoms with Gasteiger partial charge in [-0.3, -0.25) is 9.59 Å². The minimum atomic E-state index is -0.0814. The van der Waals surface area contributed by atoms with Gasteiger partial charge in [0.15, 0.2) is 5.65 Å². The molecule has 1 aliphatic rings. The molecule has 4 heterocycles. The Bertz CT molecular complexity index is 1270. The summed E-state index contributed by atoms with van der Waals surface area (Å²) in [6.45, 7) is 2.01. The van der Waals surface area contributed by atoms with E-state index in [1.807, 2.05) is 39.8 Å². The van der Waals surface area contributed by atoms with Gasteiger partial charge in [-0.2, -0.15) is 0 Å². The SMILES string of the molecule is O=C(c1cnc2c(c1)ncn2Cc1ccccc1)N1CCC(c2cc[nH]c(=O)c2)CC1. The van der Waals surface area contributed by atoms with E-state index in [9.17, 15) is 9.59 Å². The maximum absolute atomic E-state index is 13.0. The van der Waals surface area contributed by atoms with Gasteiger partial charge in [-0.15, -0.1) is 0 Å². The van der Waals surface area contributed by atoms with E-state index in [1.54, 1.807) is 24.8 Å². The van der Waals surface area contributed by atoms with Crippen molar-refractivity contribution in [3.8, 4) is 0 Å². The summed E-state index contributed by atoms with van der Waals surface area (Å²) in [4.78, 5) is 38.1. The number of nitrogens with zero attached hydrogens (tertiary/aromatic N) is 4. The van der Waals surface area contributed by atoms with E-state index in [0.717, 1.165) is 29.6 Å². The fourth-order valence-corrected chi connectivity index (χ4v) is 4.28. The number of nitrogens with one attached hydrogen (secondary N) is 1. The number of piperidine rings is 1. The molecule has 3 aromatic heterocycles. The third-order valence-corrected chi connectivity index (χ3v) is 5.95. The molecular formula is C24H23N5O2. The number of pyridine rings is 2. The first-order chi connectivity index (χ1) is 15.2. The predicted molar refractivity (Wildman–Crippen MR) is 118 cm³/mol. The minimum absolute atomic E-state index is 0.0173. The Morgan fingerprint density at radius 1 is 1.06 bits per heavy atom. The Labute approximate surface area is 179 Å². The molecule has 1 fully saturated rings. The van der Waals surface area contributed by atoms with Gasteiger partial charge in [0.05, 0.1) is 18.4 Å². The molecule has 7 nitrogen and oxygen atoms in total. The maximum atomic E-state index is 13.0. The average molecular weight is 413 g/mol. The number of aromatic amines is 1. The van der Waals surface area contributed by atoms with Gasteiger partial charge in [0, 0.05) is 31.5 Å². The monoisotopic (exact) mass is 413 g/mol. The van der Waals surface area contributed by atoms with E-state index in [2.05, 4.69) is 27.1 Å². The Balaban J connectivity index is 1.28. The number of H-pyrrole nitrogens is 1. The van der Waals surface area contributed by atoms with E-state index in [1.165, 1.54) is 5.56 Å². The van der Waals surface area contributed by atoms with E-state index in [0.29, 0.717) is 31.1 Å². The number of hydrogen-bond donors (Lipinski definition) is 1. The van der Waals surface area contributed by atoms with Crippen molar-refractivity contribution >= 4 is 17.1 Å². The zero-order chi connectivity index (χ0) is 21.2. The van der Waals surface area contributed by atoms with Gasteiger partial charge in [-0.1, -0.05) is 30.3 Å². The molecular weight excluding hydrogens is 390 g/mol. The van der Waals surface area contributed by atoms with Crippen molar-refractivity contribution in [2.24, 2.45) is 0 Å². The summed E-state index contributed by atoms with van der Waals surface area (Å²) in [7, 11) is 0. The van der Waals surface area contributed by atoms with E-state index < -0.39 is 0 Å². The lowest BCUT2D eigenvalue weighted by Gasteiger charge is -2.32. The summed E-state index contributed by atoms with van der Waals surface area (Å²) in [5.41, 5.74) is 4.19. The lowest BCUT2D eigenvalue weighted by atomic mass is 9.90. The third kappa shape index (κ3) is 3.99. The quantitative estimate of drug-likeness (QED) is 0.557. The minimum Gasteiger partial charge on any atom is -0.339 e. The zero-order valence-electron chi connectivity index (χ0n) is 17.1. The lowest BCUT2D eigenvalue weighted by Crippen LogP contribution is -2.38. The Hall–Kier alpha value is -3.74. The van der Waals surface area contributed by atoms with E-state index in [4.69, 9.17) is 0 Å². The van der Waals surface area contributed by atoms with Crippen LogP contribution in [0.15, 0.2) is 72.0 Å². The third-order valence-electron chi connectivity index (χ3n) is 5.95. The van der Waals surface area contributed by atoms with Crippen LogP contribution in [-0.4, -0.2) is 43.4 Å². The van der Waals surface area contributed by atoms with Gasteiger partial charge in [-0.25, -0.2) is 9.97 Å². The van der Waals surface area contributed by atoms with Crippen LogP contribution in [0.5, 0.6) is 0 Å². The van der Waals surface area contributed by atoms with Gasteiger partial charge in [0.25, 0.3) is 5.91 Å². The zero-order valence-corrected chi connectivity index (χ0v) is 17.1. The first-order valence-electron chi connectivity index (χ1n) is 10.5. The van der Waals surface area contributed by atoms with Crippen LogP contribution in [-0.2, 0) is 6.54 Å². The van der Waals surface area contributed by atoms with Gasteiger partial charge in [0.2, 0.25) is 5.56 Å². The van der Waals surface area contributed by atoms with E-state index >= 15 is 0 Å². The largest absolute Gasteiger partial charge is 0.339 e. The fraction of sp³-hybridized carbons (Fsp3) is 0.250. The molecule has 0 bridgehead atoms. The highest BCUT2D eigenvalue weighted by atomic mass is 16.2. The van der Waals surface area contributed by atoms with Gasteiger partial charge in [0.1, 0.15) is 5.52 Å². The molecule has 31 heavy (non-hydrogen) atoms. The van der Waals surface area contributed by atoms with Crippen LogP contribution in [0.4, 0.5) is 0 Å². The number of rotatable bonds is 4. The number of hydrogen-bond acceptors (Lipinski definition) is 4. The van der Waals surface area contributed by atoms with E-state index in [-0.39, 0.29) is 11.5 Å². The van der Waals surface area contributed by atoms with Crippen LogP contribution in [0.3, 0.4) is 0 Å². The van der Waals surface area contributed by atoms with Crippen LogP contribution in [0.1, 0.15) is 40.2 Å². The number of aromatic nitrogens is 4. The summed E-state index contributed by atoms with van der Waals surface area (Å²) >= 11 is 0. The standard InChI is InChI=1S/C24H23N5O2/c30-22-13-19(6-9-25-22)18-7-10-28(11-8-18)24(31)20-12-21-23(26-14-20)29(16-27-21)15-17-4-2-1-3-5-17/h1-6,9,12-14,16,18H,7-8,10-11,15H2,(H,25,30). The summed E-state index contributed by atoms with van der Waals surface area (Å²) < 4.78 is 1.99. The lowest BCUT2D eigenvalue weighted by molar-refractivity contribution is 0.0712. The normalized spacial score (nSPS) is 14.8.